The minimum absolute atomic E-state index is 0.676. The van der Waals surface area contributed by atoms with Gasteiger partial charge in [-0.15, -0.1) is 0 Å². The lowest BCUT2D eigenvalue weighted by Crippen LogP contribution is -2.40. The van der Waals surface area contributed by atoms with Gasteiger partial charge < -0.3 is 5.32 Å². The maximum atomic E-state index is 4.61. The van der Waals surface area contributed by atoms with Crippen molar-refractivity contribution < 1.29 is 0 Å². The Morgan fingerprint density at radius 2 is 2.26 bits per heavy atom. The van der Waals surface area contributed by atoms with Gasteiger partial charge in [0.15, 0.2) is 0 Å². The molecular formula is C16H27N3. The first kappa shape index (κ1) is 14.5. The van der Waals surface area contributed by atoms with Crippen molar-refractivity contribution in [2.45, 2.75) is 46.2 Å². The quantitative estimate of drug-likeness (QED) is 0.883. The molecule has 0 bridgehead atoms. The molecule has 2 unspecified atom stereocenters. The zero-order valence-corrected chi connectivity index (χ0v) is 12.5. The zero-order chi connectivity index (χ0) is 13.7. The summed E-state index contributed by atoms with van der Waals surface area (Å²) in [6, 6.07) is 6.99. The van der Waals surface area contributed by atoms with Crippen molar-refractivity contribution in [2.75, 3.05) is 19.6 Å². The SMILES string of the molecule is CCN(Cc1cccc(C)n1)CC1CCNC(C)C1. The zero-order valence-electron chi connectivity index (χ0n) is 12.5. The smallest absolute Gasteiger partial charge is 0.0547 e. The van der Waals surface area contributed by atoms with Crippen LogP contribution in [0.2, 0.25) is 0 Å². The highest BCUT2D eigenvalue weighted by atomic mass is 15.1. The third kappa shape index (κ3) is 4.59. The van der Waals surface area contributed by atoms with E-state index in [0.717, 1.165) is 24.7 Å². The number of aryl methyl sites for hydroxylation is 1. The largest absolute Gasteiger partial charge is 0.314 e. The molecule has 19 heavy (non-hydrogen) atoms. The minimum Gasteiger partial charge on any atom is -0.314 e. The van der Waals surface area contributed by atoms with Gasteiger partial charge in [0.2, 0.25) is 0 Å². The summed E-state index contributed by atoms with van der Waals surface area (Å²) in [6.45, 7) is 11.1. The van der Waals surface area contributed by atoms with Crippen LogP contribution in [0.4, 0.5) is 0 Å². The fraction of sp³-hybridized carbons (Fsp3) is 0.688. The Morgan fingerprint density at radius 3 is 2.95 bits per heavy atom. The van der Waals surface area contributed by atoms with E-state index in [0.29, 0.717) is 6.04 Å². The second-order valence-corrected chi connectivity index (χ2v) is 5.84. The Morgan fingerprint density at radius 1 is 1.42 bits per heavy atom. The average Bonchev–Trinajstić information content (AvgIpc) is 2.38. The van der Waals surface area contributed by atoms with E-state index >= 15 is 0 Å². The first-order valence-corrected chi connectivity index (χ1v) is 7.55. The minimum atomic E-state index is 0.676. The van der Waals surface area contributed by atoms with E-state index < -0.39 is 0 Å². The molecule has 106 valence electrons. The van der Waals surface area contributed by atoms with Crippen molar-refractivity contribution in [3.05, 3.63) is 29.6 Å². The molecule has 3 heteroatoms. The van der Waals surface area contributed by atoms with Crippen LogP contribution in [0.25, 0.3) is 0 Å². The Balaban J connectivity index is 1.89. The van der Waals surface area contributed by atoms with Gasteiger partial charge in [-0.3, -0.25) is 9.88 Å². The number of nitrogens with zero attached hydrogens (tertiary/aromatic N) is 2. The van der Waals surface area contributed by atoms with E-state index in [4.69, 9.17) is 0 Å². The lowest BCUT2D eigenvalue weighted by Gasteiger charge is -2.32. The van der Waals surface area contributed by atoms with E-state index in [1.54, 1.807) is 0 Å². The molecule has 0 saturated carbocycles. The van der Waals surface area contributed by atoms with Crippen LogP contribution in [0.5, 0.6) is 0 Å². The van der Waals surface area contributed by atoms with Crippen molar-refractivity contribution in [3.8, 4) is 0 Å². The molecule has 0 spiro atoms. The molecule has 0 amide bonds. The number of hydrogen-bond acceptors (Lipinski definition) is 3. The van der Waals surface area contributed by atoms with Crippen molar-refractivity contribution in [1.29, 1.82) is 0 Å². The van der Waals surface area contributed by atoms with Crippen molar-refractivity contribution in [1.82, 2.24) is 15.2 Å². The van der Waals surface area contributed by atoms with Gasteiger partial charge in [0, 0.05) is 24.8 Å². The molecular weight excluding hydrogens is 234 g/mol. The molecule has 1 N–H and O–H groups in total. The molecule has 3 nitrogen and oxygen atoms in total. The summed E-state index contributed by atoms with van der Waals surface area (Å²) in [6.07, 6.45) is 2.61. The van der Waals surface area contributed by atoms with Gasteiger partial charge in [-0.1, -0.05) is 13.0 Å². The van der Waals surface area contributed by atoms with Gasteiger partial charge in [-0.2, -0.15) is 0 Å². The van der Waals surface area contributed by atoms with Crippen molar-refractivity contribution in [2.24, 2.45) is 5.92 Å². The van der Waals surface area contributed by atoms with Crippen LogP contribution in [-0.4, -0.2) is 35.6 Å². The van der Waals surface area contributed by atoms with Gasteiger partial charge in [0.1, 0.15) is 0 Å². The number of piperidine rings is 1. The summed E-state index contributed by atoms with van der Waals surface area (Å²) in [5, 5.41) is 3.53. The van der Waals surface area contributed by atoms with Crippen LogP contribution in [0, 0.1) is 12.8 Å². The molecule has 2 atom stereocenters. The second kappa shape index (κ2) is 7.01. The fourth-order valence-electron chi connectivity index (χ4n) is 2.99. The summed E-state index contributed by atoms with van der Waals surface area (Å²) in [7, 11) is 0. The van der Waals surface area contributed by atoms with Crippen molar-refractivity contribution >= 4 is 0 Å². The predicted molar refractivity (Wildman–Crippen MR) is 80.1 cm³/mol. The molecule has 1 aliphatic rings. The molecule has 1 saturated heterocycles. The second-order valence-electron chi connectivity index (χ2n) is 5.84. The van der Waals surface area contributed by atoms with E-state index in [-0.39, 0.29) is 0 Å². The number of nitrogens with one attached hydrogen (secondary N) is 1. The Kier molecular flexibility index (Phi) is 5.34. The average molecular weight is 261 g/mol. The van der Waals surface area contributed by atoms with Crippen LogP contribution in [0.15, 0.2) is 18.2 Å². The van der Waals surface area contributed by atoms with Gasteiger partial charge >= 0.3 is 0 Å². The van der Waals surface area contributed by atoms with Gasteiger partial charge in [0.25, 0.3) is 0 Å². The maximum absolute atomic E-state index is 4.61. The summed E-state index contributed by atoms with van der Waals surface area (Å²) in [4.78, 5) is 7.15. The van der Waals surface area contributed by atoms with Crippen LogP contribution < -0.4 is 5.32 Å². The van der Waals surface area contributed by atoms with Crippen LogP contribution in [-0.2, 0) is 6.54 Å². The molecule has 0 radical (unpaired) electrons. The maximum Gasteiger partial charge on any atom is 0.0547 e. The summed E-state index contributed by atoms with van der Waals surface area (Å²) in [5.74, 6) is 0.834. The van der Waals surface area contributed by atoms with Gasteiger partial charge in [-0.05, 0) is 57.8 Å². The third-order valence-corrected chi connectivity index (χ3v) is 4.03. The molecule has 1 aromatic heterocycles. The first-order valence-electron chi connectivity index (χ1n) is 7.55. The molecule has 0 aromatic carbocycles. The van der Waals surface area contributed by atoms with Gasteiger partial charge in [-0.25, -0.2) is 0 Å². The lowest BCUT2D eigenvalue weighted by molar-refractivity contribution is 0.191. The highest BCUT2D eigenvalue weighted by molar-refractivity contribution is 5.09. The first-order chi connectivity index (χ1) is 9.17. The van der Waals surface area contributed by atoms with Crippen LogP contribution in [0.3, 0.4) is 0 Å². The molecule has 1 aliphatic heterocycles. The summed E-state index contributed by atoms with van der Waals surface area (Å²) in [5.41, 5.74) is 2.31. The topological polar surface area (TPSA) is 28.2 Å². The van der Waals surface area contributed by atoms with E-state index in [1.165, 1.54) is 31.6 Å². The molecule has 0 aliphatic carbocycles. The van der Waals surface area contributed by atoms with Crippen LogP contribution >= 0.6 is 0 Å². The number of rotatable bonds is 5. The lowest BCUT2D eigenvalue weighted by atomic mass is 9.93. The normalized spacial score (nSPS) is 23.8. The molecule has 1 fully saturated rings. The highest BCUT2D eigenvalue weighted by Gasteiger charge is 2.20. The Hall–Kier alpha value is -0.930. The summed E-state index contributed by atoms with van der Waals surface area (Å²) < 4.78 is 0. The Labute approximate surface area is 117 Å². The van der Waals surface area contributed by atoms with E-state index in [1.807, 2.05) is 0 Å². The molecule has 1 aromatic rings. The third-order valence-electron chi connectivity index (χ3n) is 4.03. The van der Waals surface area contributed by atoms with E-state index in [9.17, 15) is 0 Å². The van der Waals surface area contributed by atoms with Crippen molar-refractivity contribution in [3.63, 3.8) is 0 Å². The Bertz CT molecular complexity index is 391. The number of hydrogen-bond donors (Lipinski definition) is 1. The number of pyridine rings is 1. The monoisotopic (exact) mass is 261 g/mol. The van der Waals surface area contributed by atoms with E-state index in [2.05, 4.69) is 54.2 Å². The van der Waals surface area contributed by atoms with Gasteiger partial charge in [0.05, 0.1) is 5.69 Å². The van der Waals surface area contributed by atoms with Crippen LogP contribution in [0.1, 0.15) is 38.1 Å². The number of aromatic nitrogens is 1. The predicted octanol–water partition coefficient (Wildman–Crippen LogP) is 2.60. The highest BCUT2D eigenvalue weighted by Crippen LogP contribution is 2.18. The molecule has 2 heterocycles. The summed E-state index contributed by atoms with van der Waals surface area (Å²) >= 11 is 0. The standard InChI is InChI=1S/C16H27N3/c1-4-19(11-15-8-9-17-14(3)10-15)12-16-7-5-6-13(2)18-16/h5-7,14-15,17H,4,8-12H2,1-3H3. The fourth-order valence-corrected chi connectivity index (χ4v) is 2.99. The molecule has 2 rings (SSSR count).